The van der Waals surface area contributed by atoms with Crippen molar-refractivity contribution in [3.8, 4) is 0 Å². The number of para-hydroxylation sites is 1. The van der Waals surface area contributed by atoms with Gasteiger partial charge in [-0.3, -0.25) is 24.1 Å². The summed E-state index contributed by atoms with van der Waals surface area (Å²) < 4.78 is 5.34. The highest BCUT2D eigenvalue weighted by Gasteiger charge is 2.43. The first kappa shape index (κ1) is 28.3. The molecule has 1 heterocycles. The maximum Gasteiger partial charge on any atom is 0.323 e. The molecule has 0 aromatic heterocycles. The Balaban J connectivity index is 1.46. The van der Waals surface area contributed by atoms with Crippen molar-refractivity contribution in [2.45, 2.75) is 76.7 Å². The highest BCUT2D eigenvalue weighted by Crippen LogP contribution is 2.43. The zero-order valence-electron chi connectivity index (χ0n) is 22.6. The molecule has 8 nitrogen and oxygen atoms in total. The molecule has 2 aliphatic rings. The van der Waals surface area contributed by atoms with Crippen LogP contribution in [0.5, 0.6) is 0 Å². The van der Waals surface area contributed by atoms with E-state index in [1.54, 1.807) is 19.1 Å². The van der Waals surface area contributed by atoms with Gasteiger partial charge in [-0.1, -0.05) is 67.8 Å². The lowest BCUT2D eigenvalue weighted by atomic mass is 9.78. The molecule has 0 unspecified atom stereocenters. The fraction of sp³-hybridized carbons (Fsp3) is 0.484. The lowest BCUT2D eigenvalue weighted by Gasteiger charge is -2.31. The van der Waals surface area contributed by atoms with E-state index >= 15 is 0 Å². The van der Waals surface area contributed by atoms with E-state index in [-0.39, 0.29) is 17.8 Å². The number of nitrogens with one attached hydrogen (secondary N) is 1. The molecule has 2 amide bonds. The average molecular weight is 535 g/mol. The Hall–Kier alpha value is -3.68. The van der Waals surface area contributed by atoms with E-state index in [9.17, 15) is 24.3 Å². The summed E-state index contributed by atoms with van der Waals surface area (Å²) in [5.74, 6) is -2.29. The standard InChI is InChI=1S/C31H38N2O6/c1-2-39-29(37)24(22-11-4-3-5-12-22)14-10-20-31(18-8-9-19-31)30(38)32-25-17-16-23-13-6-7-15-26(23)33(28(25)36)21-27(34)35/h3-7,11-13,15,24-25H,2,8-10,14,16-21H2,1H3,(H,32,38)(H,34,35)/t24-,25+/m1/s1. The predicted molar refractivity (Wildman–Crippen MR) is 147 cm³/mol. The second kappa shape index (κ2) is 12.9. The topological polar surface area (TPSA) is 113 Å². The molecule has 1 aliphatic heterocycles. The van der Waals surface area contributed by atoms with Crippen LogP contribution in [0.4, 0.5) is 5.69 Å². The number of rotatable bonds is 11. The van der Waals surface area contributed by atoms with Crippen LogP contribution in [0.15, 0.2) is 54.6 Å². The average Bonchev–Trinajstić information content (AvgIpc) is 3.38. The van der Waals surface area contributed by atoms with Crippen molar-refractivity contribution in [1.82, 2.24) is 5.32 Å². The number of carboxylic acids is 1. The Morgan fingerprint density at radius 2 is 1.77 bits per heavy atom. The van der Waals surface area contributed by atoms with Crippen molar-refractivity contribution in [2.24, 2.45) is 5.41 Å². The first-order valence-corrected chi connectivity index (χ1v) is 14.0. The number of carbonyl (C=O) groups is 4. The van der Waals surface area contributed by atoms with Crippen LogP contribution >= 0.6 is 0 Å². The van der Waals surface area contributed by atoms with Gasteiger partial charge in [-0.25, -0.2) is 0 Å². The zero-order valence-corrected chi connectivity index (χ0v) is 22.6. The van der Waals surface area contributed by atoms with Gasteiger partial charge in [0, 0.05) is 11.1 Å². The monoisotopic (exact) mass is 534 g/mol. The molecule has 2 atom stereocenters. The number of aryl methyl sites for hydroxylation is 1. The quantitative estimate of drug-likeness (QED) is 0.407. The number of amides is 2. The van der Waals surface area contributed by atoms with Gasteiger partial charge in [-0.2, -0.15) is 0 Å². The van der Waals surface area contributed by atoms with Gasteiger partial charge in [-0.15, -0.1) is 0 Å². The Morgan fingerprint density at radius 3 is 2.46 bits per heavy atom. The van der Waals surface area contributed by atoms with Gasteiger partial charge in [0.25, 0.3) is 0 Å². The van der Waals surface area contributed by atoms with Crippen LogP contribution in [-0.4, -0.2) is 48.1 Å². The molecule has 39 heavy (non-hydrogen) atoms. The molecular weight excluding hydrogens is 496 g/mol. The van der Waals surface area contributed by atoms with Crippen LogP contribution < -0.4 is 10.2 Å². The number of anilines is 1. The lowest BCUT2D eigenvalue weighted by Crippen LogP contribution is -2.52. The van der Waals surface area contributed by atoms with E-state index in [0.717, 1.165) is 36.8 Å². The lowest BCUT2D eigenvalue weighted by molar-refractivity contribution is -0.145. The van der Waals surface area contributed by atoms with Crippen LogP contribution in [0.25, 0.3) is 0 Å². The number of ether oxygens (including phenoxy) is 1. The third kappa shape index (κ3) is 6.67. The number of hydrogen-bond acceptors (Lipinski definition) is 5. The Kier molecular flexibility index (Phi) is 9.38. The van der Waals surface area contributed by atoms with Gasteiger partial charge in [0.15, 0.2) is 0 Å². The molecule has 2 N–H and O–H groups in total. The van der Waals surface area contributed by atoms with E-state index in [2.05, 4.69) is 5.32 Å². The SMILES string of the molecule is CCOC(=O)[C@H](CCCC1(C(=O)N[C@H]2CCc3ccccc3N(CC(=O)O)C2=O)CCCC1)c1ccccc1. The van der Waals surface area contributed by atoms with E-state index in [0.29, 0.717) is 44.4 Å². The fourth-order valence-corrected chi connectivity index (χ4v) is 6.10. The summed E-state index contributed by atoms with van der Waals surface area (Å²) in [5.41, 5.74) is 1.78. The van der Waals surface area contributed by atoms with Crippen LogP contribution in [0.2, 0.25) is 0 Å². The third-order valence-corrected chi connectivity index (χ3v) is 8.11. The summed E-state index contributed by atoms with van der Waals surface area (Å²) >= 11 is 0. The number of hydrogen-bond donors (Lipinski definition) is 2. The molecule has 8 heteroatoms. The molecule has 0 saturated heterocycles. The van der Waals surface area contributed by atoms with Crippen molar-refractivity contribution in [3.05, 3.63) is 65.7 Å². The summed E-state index contributed by atoms with van der Waals surface area (Å²) in [6, 6.07) is 16.1. The number of esters is 1. The molecule has 1 aliphatic carbocycles. The minimum absolute atomic E-state index is 0.146. The van der Waals surface area contributed by atoms with E-state index in [1.807, 2.05) is 42.5 Å². The van der Waals surface area contributed by atoms with E-state index < -0.39 is 29.9 Å². The zero-order chi connectivity index (χ0) is 27.8. The molecule has 1 fully saturated rings. The number of benzene rings is 2. The molecule has 0 spiro atoms. The molecule has 1 saturated carbocycles. The highest BCUT2D eigenvalue weighted by molar-refractivity contribution is 6.03. The van der Waals surface area contributed by atoms with Crippen molar-refractivity contribution in [3.63, 3.8) is 0 Å². The van der Waals surface area contributed by atoms with Crippen LogP contribution in [-0.2, 0) is 30.3 Å². The maximum absolute atomic E-state index is 13.8. The number of aliphatic carboxylic acids is 1. The Labute approximate surface area is 229 Å². The normalized spacial score (nSPS) is 19.1. The van der Waals surface area contributed by atoms with Crippen LogP contribution in [0.1, 0.15) is 75.3 Å². The highest BCUT2D eigenvalue weighted by atomic mass is 16.5. The van der Waals surface area contributed by atoms with Crippen LogP contribution in [0, 0.1) is 5.41 Å². The second-order valence-corrected chi connectivity index (χ2v) is 10.6. The molecular formula is C31H38N2O6. The maximum atomic E-state index is 13.8. The van der Waals surface area contributed by atoms with Gasteiger partial charge in [0.2, 0.25) is 11.8 Å². The van der Waals surface area contributed by atoms with E-state index in [1.165, 1.54) is 4.90 Å². The third-order valence-electron chi connectivity index (χ3n) is 8.11. The summed E-state index contributed by atoms with van der Waals surface area (Å²) in [4.78, 5) is 52.9. The second-order valence-electron chi connectivity index (χ2n) is 10.6. The summed E-state index contributed by atoms with van der Waals surface area (Å²) in [6.45, 7) is 1.65. The molecule has 0 radical (unpaired) electrons. The van der Waals surface area contributed by atoms with Crippen molar-refractivity contribution in [2.75, 3.05) is 18.1 Å². The van der Waals surface area contributed by atoms with Crippen LogP contribution in [0.3, 0.4) is 0 Å². The number of fused-ring (bicyclic) bond motifs is 1. The van der Waals surface area contributed by atoms with Gasteiger partial charge in [-0.05, 0) is 62.6 Å². The smallest absolute Gasteiger partial charge is 0.323 e. The first-order valence-electron chi connectivity index (χ1n) is 14.0. The van der Waals surface area contributed by atoms with Gasteiger partial charge in [0.05, 0.1) is 12.5 Å². The molecule has 4 rings (SSSR count). The fourth-order valence-electron chi connectivity index (χ4n) is 6.10. The van der Waals surface area contributed by atoms with Gasteiger partial charge >= 0.3 is 11.9 Å². The van der Waals surface area contributed by atoms with Crippen molar-refractivity contribution >= 4 is 29.4 Å². The number of carbonyl (C=O) groups excluding carboxylic acids is 3. The molecule has 2 aromatic rings. The number of carboxylic acid groups (broad SMARTS) is 1. The molecule has 2 aromatic carbocycles. The van der Waals surface area contributed by atoms with Gasteiger partial charge in [0.1, 0.15) is 12.6 Å². The summed E-state index contributed by atoms with van der Waals surface area (Å²) in [5, 5.41) is 12.5. The first-order chi connectivity index (χ1) is 18.8. The summed E-state index contributed by atoms with van der Waals surface area (Å²) in [7, 11) is 0. The van der Waals surface area contributed by atoms with Crippen molar-refractivity contribution in [1.29, 1.82) is 0 Å². The van der Waals surface area contributed by atoms with Crippen molar-refractivity contribution < 1.29 is 29.0 Å². The summed E-state index contributed by atoms with van der Waals surface area (Å²) in [6.07, 6.45) is 6.15. The predicted octanol–water partition coefficient (Wildman–Crippen LogP) is 4.61. The minimum Gasteiger partial charge on any atom is -0.480 e. The largest absolute Gasteiger partial charge is 0.480 e. The molecule has 208 valence electrons. The Morgan fingerprint density at radius 1 is 1.08 bits per heavy atom. The number of nitrogens with zero attached hydrogens (tertiary/aromatic N) is 1. The molecule has 0 bridgehead atoms. The minimum atomic E-state index is -1.10. The van der Waals surface area contributed by atoms with Gasteiger partial charge < -0.3 is 15.2 Å². The Bertz CT molecular complexity index is 1170. The van der Waals surface area contributed by atoms with E-state index in [4.69, 9.17) is 4.74 Å².